The number of aliphatic hydroxyl groups is 1. The topological polar surface area (TPSA) is 227 Å². The second kappa shape index (κ2) is 20.0. The van der Waals surface area contributed by atoms with Crippen LogP contribution in [0.5, 0.6) is 0 Å². The minimum absolute atomic E-state index is 0. The molecule has 0 aliphatic heterocycles. The molecule has 0 saturated carbocycles. The zero-order valence-electron chi connectivity index (χ0n) is 7.93. The van der Waals surface area contributed by atoms with Crippen molar-refractivity contribution in [3.05, 3.63) is 0 Å². The van der Waals surface area contributed by atoms with E-state index in [-0.39, 0.29) is 130 Å². The first kappa shape index (κ1) is 42.9. The number of aliphatic carboxylic acids is 3. The number of rotatable bonds is 5. The van der Waals surface area contributed by atoms with Gasteiger partial charge in [-0.2, -0.15) is 0 Å². The second-order valence-corrected chi connectivity index (χ2v) is 2.48. The van der Waals surface area contributed by atoms with Crippen molar-refractivity contribution in [3.63, 3.8) is 0 Å². The molecule has 0 bridgehead atoms. The van der Waals surface area contributed by atoms with Gasteiger partial charge in [-0.1, -0.05) is 0 Å². The maximum atomic E-state index is 10.3. The molecule has 0 spiro atoms. The van der Waals surface area contributed by atoms with Crippen LogP contribution in [0.1, 0.15) is 12.8 Å². The normalized spacial score (nSPS) is 7.42. The van der Waals surface area contributed by atoms with Gasteiger partial charge in [-0.15, -0.1) is 0 Å². The molecule has 10 N–H and O–H groups in total. The van der Waals surface area contributed by atoms with E-state index >= 15 is 0 Å². The molecule has 0 aromatic carbocycles. The van der Waals surface area contributed by atoms with Gasteiger partial charge < -0.3 is 36.9 Å². The van der Waals surface area contributed by atoms with E-state index in [2.05, 4.69) is 0 Å². The van der Waals surface area contributed by atoms with Crippen molar-refractivity contribution >= 4 is 131 Å². The van der Waals surface area contributed by atoms with Crippen molar-refractivity contribution in [3.8, 4) is 0 Å². The molecule has 19 heavy (non-hydrogen) atoms. The molecule has 0 heterocycles. The summed E-state index contributed by atoms with van der Waals surface area (Å²) in [5, 5.41) is 33.8. The van der Waals surface area contributed by atoms with Crippen LogP contribution in [0.25, 0.3) is 0 Å². The van der Waals surface area contributed by atoms with Crippen molar-refractivity contribution in [2.24, 2.45) is 0 Å². The summed E-state index contributed by atoms with van der Waals surface area (Å²) in [5.74, 6) is -5.02. The molecule has 110 valence electrons. The molecule has 0 radical (unpaired) electrons. The third kappa shape index (κ3) is 20.0. The standard InChI is InChI=1S/C6H8O7.3Ca.3H2O.6H/c7-3(8)1-6(13,5(11)12)2-4(9)10;;;;;;;;;;;;/h13H,1-2H2,(H,7,8)(H,9,10)(H,11,12);;;;3*1H2;;;;;;. The van der Waals surface area contributed by atoms with Crippen LogP contribution in [-0.2, 0) is 14.4 Å². The Hall–Kier alpha value is 2.03. The summed E-state index contributed by atoms with van der Waals surface area (Å²) in [7, 11) is 0. The summed E-state index contributed by atoms with van der Waals surface area (Å²) in [6.07, 6.45) is -2.29. The summed E-state index contributed by atoms with van der Waals surface area (Å²) in [6.45, 7) is 0. The first-order chi connectivity index (χ1) is 5.78. The van der Waals surface area contributed by atoms with Crippen molar-refractivity contribution in [1.82, 2.24) is 0 Å². The van der Waals surface area contributed by atoms with Gasteiger partial charge in [0.15, 0.2) is 5.60 Å². The fourth-order valence-corrected chi connectivity index (χ4v) is 0.714. The monoisotopic (exact) mass is 372 g/mol. The minimum atomic E-state index is -2.74. The predicted molar refractivity (Wildman–Crippen MR) is 73.6 cm³/mol. The van der Waals surface area contributed by atoms with Gasteiger partial charge in [0.2, 0.25) is 0 Å². The average molecular weight is 372 g/mol. The van der Waals surface area contributed by atoms with Gasteiger partial charge in [0.05, 0.1) is 12.8 Å². The van der Waals surface area contributed by atoms with Gasteiger partial charge in [-0.25, -0.2) is 4.79 Å². The summed E-state index contributed by atoms with van der Waals surface area (Å²) in [5.41, 5.74) is -2.74. The van der Waals surface area contributed by atoms with Gasteiger partial charge >= 0.3 is 131 Å². The Bertz CT molecular complexity index is 242. The number of carboxylic acid groups (broad SMARTS) is 3. The van der Waals surface area contributed by atoms with E-state index in [9.17, 15) is 14.4 Å². The van der Waals surface area contributed by atoms with Crippen molar-refractivity contribution < 1.29 is 51.2 Å². The van der Waals surface area contributed by atoms with Crippen molar-refractivity contribution in [2.45, 2.75) is 18.4 Å². The molecule has 13 heteroatoms. The van der Waals surface area contributed by atoms with Gasteiger partial charge in [0.1, 0.15) is 0 Å². The molecule has 0 atom stereocenters. The molecule has 0 saturated heterocycles. The van der Waals surface area contributed by atoms with Gasteiger partial charge in [0.25, 0.3) is 0 Å². The zero-order valence-corrected chi connectivity index (χ0v) is 7.93. The molecule has 0 aromatic rings. The molecular weight excluding hydrogens is 352 g/mol. The molecule has 0 aliphatic carbocycles. The van der Waals surface area contributed by atoms with Crippen LogP contribution in [0.4, 0.5) is 0 Å². The van der Waals surface area contributed by atoms with E-state index in [1.54, 1.807) is 0 Å². The van der Waals surface area contributed by atoms with E-state index in [1.807, 2.05) is 0 Å². The first-order valence-electron chi connectivity index (χ1n) is 3.17. The molecule has 0 rings (SSSR count). The summed E-state index contributed by atoms with van der Waals surface area (Å²) < 4.78 is 0. The van der Waals surface area contributed by atoms with E-state index in [0.717, 1.165) is 0 Å². The first-order valence-corrected chi connectivity index (χ1v) is 3.17. The van der Waals surface area contributed by atoms with Crippen LogP contribution >= 0.6 is 0 Å². The molecule has 0 unspecified atom stereocenters. The Morgan fingerprint density at radius 1 is 0.737 bits per heavy atom. The second-order valence-electron chi connectivity index (χ2n) is 2.48. The van der Waals surface area contributed by atoms with E-state index in [0.29, 0.717) is 0 Å². The van der Waals surface area contributed by atoms with E-state index in [1.165, 1.54) is 0 Å². The Kier molecular flexibility index (Phi) is 45.2. The number of carboxylic acids is 3. The summed E-state index contributed by atoms with van der Waals surface area (Å²) >= 11 is 0. The van der Waals surface area contributed by atoms with Crippen molar-refractivity contribution in [1.29, 1.82) is 0 Å². The Morgan fingerprint density at radius 3 is 1.05 bits per heavy atom. The summed E-state index contributed by atoms with van der Waals surface area (Å²) in [6, 6.07) is 0. The van der Waals surface area contributed by atoms with Crippen LogP contribution in [0.3, 0.4) is 0 Å². The molecule has 0 fully saturated rings. The third-order valence-corrected chi connectivity index (χ3v) is 1.29. The maximum absolute atomic E-state index is 10.3. The van der Waals surface area contributed by atoms with Crippen LogP contribution in [0, 0.1) is 0 Å². The van der Waals surface area contributed by atoms with Gasteiger partial charge in [0, 0.05) is 0 Å². The van der Waals surface area contributed by atoms with Gasteiger partial charge in [-0.05, 0) is 0 Å². The summed E-state index contributed by atoms with van der Waals surface area (Å²) in [4.78, 5) is 30.5. The number of hydrogen-bond donors (Lipinski definition) is 4. The number of carbonyl (C=O) groups is 3. The molecule has 0 aromatic heterocycles. The van der Waals surface area contributed by atoms with E-state index < -0.39 is 36.4 Å². The predicted octanol–water partition coefficient (Wildman–Crippen LogP) is -6.47. The Morgan fingerprint density at radius 2 is 0.947 bits per heavy atom. The fourth-order valence-electron chi connectivity index (χ4n) is 0.714. The fraction of sp³-hybridized carbons (Fsp3) is 0.500. The van der Waals surface area contributed by atoms with Crippen LogP contribution < -0.4 is 0 Å². The third-order valence-electron chi connectivity index (χ3n) is 1.29. The number of hydrogen-bond acceptors (Lipinski definition) is 4. The van der Waals surface area contributed by atoms with Crippen LogP contribution in [0.2, 0.25) is 0 Å². The molecule has 0 amide bonds. The Labute approximate surface area is 197 Å². The van der Waals surface area contributed by atoms with Crippen LogP contribution in [-0.4, -0.2) is 174 Å². The SMILES string of the molecule is O.O.O.O=C(O)CC(O)(CC(=O)O)C(=O)O.[CaH2].[CaH2].[CaH2]. The molecule has 10 nitrogen and oxygen atoms in total. The molecule has 0 aliphatic rings. The quantitative estimate of drug-likeness (QED) is 0.341. The van der Waals surface area contributed by atoms with Crippen LogP contribution in [0.15, 0.2) is 0 Å². The van der Waals surface area contributed by atoms with Gasteiger partial charge in [-0.3, -0.25) is 9.59 Å². The Balaban J connectivity index is -0.0000000480. The average Bonchev–Trinajstić information content (AvgIpc) is 1.82. The van der Waals surface area contributed by atoms with Crippen molar-refractivity contribution in [2.75, 3.05) is 0 Å². The van der Waals surface area contributed by atoms with E-state index in [4.69, 9.17) is 20.4 Å². The zero-order chi connectivity index (χ0) is 10.6. The molecular formula is C6H20Ca3O10.